The summed E-state index contributed by atoms with van der Waals surface area (Å²) < 4.78 is 19.0. The summed E-state index contributed by atoms with van der Waals surface area (Å²) in [5.41, 5.74) is 2.50. The van der Waals surface area contributed by atoms with Crippen molar-refractivity contribution in [3.63, 3.8) is 0 Å². The summed E-state index contributed by atoms with van der Waals surface area (Å²) in [6, 6.07) is 10.5. The van der Waals surface area contributed by atoms with Crippen LogP contribution in [0.15, 0.2) is 36.4 Å². The molecular formula is C15H13BrClFO. The van der Waals surface area contributed by atoms with Gasteiger partial charge in [0.25, 0.3) is 0 Å². The van der Waals surface area contributed by atoms with Crippen molar-refractivity contribution in [3.8, 4) is 5.75 Å². The Balaban J connectivity index is 2.41. The Morgan fingerprint density at radius 3 is 2.58 bits per heavy atom. The van der Waals surface area contributed by atoms with Crippen LogP contribution in [-0.2, 0) is 0 Å². The lowest BCUT2D eigenvalue weighted by atomic mass is 10.0. The highest BCUT2D eigenvalue weighted by Crippen LogP contribution is 2.36. The van der Waals surface area contributed by atoms with Gasteiger partial charge in [0.2, 0.25) is 0 Å². The summed E-state index contributed by atoms with van der Waals surface area (Å²) in [7, 11) is 1.56. The largest absolute Gasteiger partial charge is 0.495 e. The van der Waals surface area contributed by atoms with E-state index in [9.17, 15) is 4.39 Å². The maximum absolute atomic E-state index is 13.9. The fraction of sp³-hybridized carbons (Fsp3) is 0.200. The number of methoxy groups -OCH3 is 1. The Bertz CT molecular complexity index is 601. The summed E-state index contributed by atoms with van der Waals surface area (Å²) in [5.74, 6) is 0.370. The van der Waals surface area contributed by atoms with E-state index in [4.69, 9.17) is 16.3 Å². The van der Waals surface area contributed by atoms with Crippen molar-refractivity contribution < 1.29 is 9.13 Å². The van der Waals surface area contributed by atoms with Crippen LogP contribution < -0.4 is 4.74 Å². The predicted octanol–water partition coefficient (Wildman–Crippen LogP) is 5.28. The van der Waals surface area contributed by atoms with Crippen LogP contribution in [0.3, 0.4) is 0 Å². The second-order valence-electron chi connectivity index (χ2n) is 4.28. The lowest BCUT2D eigenvalue weighted by molar-refractivity contribution is 0.415. The van der Waals surface area contributed by atoms with Crippen LogP contribution in [0.4, 0.5) is 4.39 Å². The molecule has 0 aliphatic rings. The molecule has 0 radical (unpaired) electrons. The van der Waals surface area contributed by atoms with E-state index in [-0.39, 0.29) is 10.6 Å². The van der Waals surface area contributed by atoms with Crippen LogP contribution in [0.1, 0.15) is 21.5 Å². The number of halogens is 3. The molecule has 0 aliphatic heterocycles. The van der Waals surface area contributed by atoms with E-state index in [0.717, 1.165) is 11.1 Å². The zero-order chi connectivity index (χ0) is 14.0. The molecule has 0 saturated heterocycles. The average Bonchev–Trinajstić information content (AvgIpc) is 2.40. The molecule has 1 nitrogen and oxygen atoms in total. The third-order valence-electron chi connectivity index (χ3n) is 2.89. The highest BCUT2D eigenvalue weighted by molar-refractivity contribution is 9.09. The molecule has 1 unspecified atom stereocenters. The Morgan fingerprint density at radius 2 is 1.95 bits per heavy atom. The Labute approximate surface area is 125 Å². The molecule has 2 aromatic rings. The van der Waals surface area contributed by atoms with Gasteiger partial charge in [-0.15, -0.1) is 0 Å². The van der Waals surface area contributed by atoms with Crippen molar-refractivity contribution in [2.45, 2.75) is 11.8 Å². The van der Waals surface area contributed by atoms with Gasteiger partial charge >= 0.3 is 0 Å². The van der Waals surface area contributed by atoms with Crippen LogP contribution in [-0.4, -0.2) is 7.11 Å². The van der Waals surface area contributed by atoms with Crippen LogP contribution in [0.5, 0.6) is 5.75 Å². The fourth-order valence-corrected chi connectivity index (χ4v) is 2.78. The molecule has 100 valence electrons. The zero-order valence-electron chi connectivity index (χ0n) is 10.6. The molecule has 1 atom stereocenters. The predicted molar refractivity (Wildman–Crippen MR) is 79.9 cm³/mol. The second kappa shape index (κ2) is 5.93. The average molecular weight is 344 g/mol. The minimum atomic E-state index is -0.240. The van der Waals surface area contributed by atoms with Crippen LogP contribution >= 0.6 is 27.5 Å². The first-order valence-electron chi connectivity index (χ1n) is 5.76. The summed E-state index contributed by atoms with van der Waals surface area (Å²) >= 11 is 9.61. The minimum absolute atomic E-state index is 0.237. The summed E-state index contributed by atoms with van der Waals surface area (Å²) in [6.45, 7) is 1.93. The van der Waals surface area contributed by atoms with Gasteiger partial charge in [0.05, 0.1) is 17.0 Å². The van der Waals surface area contributed by atoms with Gasteiger partial charge in [-0.1, -0.05) is 51.3 Å². The van der Waals surface area contributed by atoms with Crippen molar-refractivity contribution in [1.82, 2.24) is 0 Å². The Kier molecular flexibility index (Phi) is 4.48. The first-order valence-corrected chi connectivity index (χ1v) is 7.06. The molecule has 19 heavy (non-hydrogen) atoms. The number of rotatable bonds is 3. The normalized spacial score (nSPS) is 12.3. The van der Waals surface area contributed by atoms with Gasteiger partial charge in [-0.2, -0.15) is 0 Å². The fourth-order valence-electron chi connectivity index (χ4n) is 1.88. The number of hydrogen-bond acceptors (Lipinski definition) is 1. The highest BCUT2D eigenvalue weighted by Gasteiger charge is 2.16. The van der Waals surface area contributed by atoms with Crippen molar-refractivity contribution in [2.75, 3.05) is 7.11 Å². The summed E-state index contributed by atoms with van der Waals surface area (Å²) in [6.07, 6.45) is 0. The van der Waals surface area contributed by atoms with E-state index in [2.05, 4.69) is 15.9 Å². The topological polar surface area (TPSA) is 9.23 Å². The summed E-state index contributed by atoms with van der Waals surface area (Å²) in [5, 5.41) is 0.512. The molecule has 0 amide bonds. The molecule has 2 aromatic carbocycles. The van der Waals surface area contributed by atoms with Crippen molar-refractivity contribution in [2.24, 2.45) is 0 Å². The maximum Gasteiger partial charge on any atom is 0.137 e. The van der Waals surface area contributed by atoms with Gasteiger partial charge in [0.1, 0.15) is 11.6 Å². The van der Waals surface area contributed by atoms with Crippen molar-refractivity contribution in [3.05, 3.63) is 63.9 Å². The lowest BCUT2D eigenvalue weighted by Gasteiger charge is -2.14. The Hall–Kier alpha value is -1.06. The smallest absolute Gasteiger partial charge is 0.137 e. The standard InChI is InChI=1S/C15H13BrClFO/c1-9-3-5-13(18)11(7-9)15(16)10-4-6-14(19-2)12(17)8-10/h3-8,15H,1-2H3. The van der Waals surface area contributed by atoms with E-state index in [1.807, 2.05) is 19.1 Å². The molecule has 0 fully saturated rings. The first-order chi connectivity index (χ1) is 9.02. The SMILES string of the molecule is COc1ccc(C(Br)c2cc(C)ccc2F)cc1Cl. The zero-order valence-corrected chi connectivity index (χ0v) is 12.9. The number of ether oxygens (including phenoxy) is 1. The molecule has 0 heterocycles. The number of alkyl halides is 1. The monoisotopic (exact) mass is 342 g/mol. The molecule has 0 aliphatic carbocycles. The van der Waals surface area contributed by atoms with E-state index in [1.54, 1.807) is 25.3 Å². The first kappa shape index (κ1) is 14.4. The molecule has 0 spiro atoms. The number of benzene rings is 2. The third kappa shape index (κ3) is 3.10. The van der Waals surface area contributed by atoms with Crippen molar-refractivity contribution >= 4 is 27.5 Å². The molecule has 0 aromatic heterocycles. The molecule has 0 bridgehead atoms. The highest BCUT2D eigenvalue weighted by atomic mass is 79.9. The van der Waals surface area contributed by atoms with E-state index in [0.29, 0.717) is 16.3 Å². The van der Waals surface area contributed by atoms with Crippen molar-refractivity contribution in [1.29, 1.82) is 0 Å². The van der Waals surface area contributed by atoms with E-state index in [1.165, 1.54) is 6.07 Å². The molecular weight excluding hydrogens is 331 g/mol. The van der Waals surface area contributed by atoms with E-state index >= 15 is 0 Å². The third-order valence-corrected chi connectivity index (χ3v) is 4.21. The minimum Gasteiger partial charge on any atom is -0.495 e. The lowest BCUT2D eigenvalue weighted by Crippen LogP contribution is -1.98. The van der Waals surface area contributed by atoms with Gasteiger partial charge in [0.15, 0.2) is 0 Å². The van der Waals surface area contributed by atoms with Crippen LogP contribution in [0.25, 0.3) is 0 Å². The van der Waals surface area contributed by atoms with E-state index < -0.39 is 0 Å². The van der Waals surface area contributed by atoms with Gasteiger partial charge in [-0.05, 0) is 30.7 Å². The second-order valence-corrected chi connectivity index (χ2v) is 5.60. The maximum atomic E-state index is 13.9. The molecule has 0 saturated carbocycles. The molecule has 2 rings (SSSR count). The quantitative estimate of drug-likeness (QED) is 0.689. The Morgan fingerprint density at radius 1 is 1.21 bits per heavy atom. The summed E-state index contributed by atoms with van der Waals surface area (Å²) in [4.78, 5) is -0.240. The van der Waals surface area contributed by atoms with Gasteiger partial charge < -0.3 is 4.74 Å². The molecule has 4 heteroatoms. The van der Waals surface area contributed by atoms with Gasteiger partial charge in [0, 0.05) is 5.56 Å². The van der Waals surface area contributed by atoms with Gasteiger partial charge in [-0.25, -0.2) is 4.39 Å². The molecule has 0 N–H and O–H groups in total. The number of hydrogen-bond donors (Lipinski definition) is 0. The van der Waals surface area contributed by atoms with Gasteiger partial charge in [-0.3, -0.25) is 0 Å². The number of aryl methyl sites for hydroxylation is 1. The van der Waals surface area contributed by atoms with Crippen LogP contribution in [0, 0.1) is 12.7 Å². The van der Waals surface area contributed by atoms with Crippen LogP contribution in [0.2, 0.25) is 5.02 Å².